The minimum absolute atomic E-state index is 0.113. The first-order valence-electron chi connectivity index (χ1n) is 4.33. The summed E-state index contributed by atoms with van der Waals surface area (Å²) in [5, 5.41) is 15.6. The van der Waals surface area contributed by atoms with Gasteiger partial charge < -0.3 is 0 Å². The first-order valence-corrected chi connectivity index (χ1v) is 4.33. The normalized spacial score (nSPS) is 10.6. The number of hydrogen-bond acceptors (Lipinski definition) is 3. The molecule has 0 aliphatic rings. The highest BCUT2D eigenvalue weighted by Crippen LogP contribution is 2.24. The van der Waals surface area contributed by atoms with Gasteiger partial charge in [0.2, 0.25) is 0 Å². The Hall–Kier alpha value is -1.91. The van der Waals surface area contributed by atoms with E-state index in [2.05, 4.69) is 5.10 Å². The molecule has 72 valence electrons. The van der Waals surface area contributed by atoms with Gasteiger partial charge in [0.25, 0.3) is 5.69 Å². The van der Waals surface area contributed by atoms with Crippen LogP contribution in [0.25, 0.3) is 10.9 Å². The van der Waals surface area contributed by atoms with Crippen LogP contribution in [0.15, 0.2) is 24.4 Å². The number of non-ortho nitro benzene ring substituents is 1. The Bertz CT molecular complexity index is 490. The summed E-state index contributed by atoms with van der Waals surface area (Å²) in [6.07, 6.45) is 1.64. The van der Waals surface area contributed by atoms with Crippen molar-refractivity contribution in [2.24, 2.45) is 0 Å². The molecule has 0 bridgehead atoms. The lowest BCUT2D eigenvalue weighted by molar-refractivity contribution is -0.383. The number of aromatic nitrogens is 2. The van der Waals surface area contributed by atoms with Crippen LogP contribution < -0.4 is 0 Å². The summed E-state index contributed by atoms with van der Waals surface area (Å²) in [4.78, 5) is 10.4. The molecule has 0 amide bonds. The highest BCUT2D eigenvalue weighted by Gasteiger charge is 2.15. The second kappa shape index (κ2) is 3.10. The van der Waals surface area contributed by atoms with Crippen molar-refractivity contribution < 1.29 is 4.92 Å². The summed E-state index contributed by atoms with van der Waals surface area (Å²) in [6.45, 7) is 2.54. The Morgan fingerprint density at radius 1 is 1.57 bits per heavy atom. The Kier molecular flexibility index (Phi) is 1.92. The summed E-state index contributed by atoms with van der Waals surface area (Å²) >= 11 is 0. The Labute approximate surface area is 80.1 Å². The lowest BCUT2D eigenvalue weighted by Gasteiger charge is -1.98. The molecule has 0 aliphatic carbocycles. The molecule has 0 N–H and O–H groups in total. The van der Waals surface area contributed by atoms with Gasteiger partial charge in [0.15, 0.2) is 0 Å². The van der Waals surface area contributed by atoms with Crippen molar-refractivity contribution in [1.29, 1.82) is 0 Å². The summed E-state index contributed by atoms with van der Waals surface area (Å²) in [7, 11) is 0. The van der Waals surface area contributed by atoms with Crippen LogP contribution in [0.3, 0.4) is 0 Å². The van der Waals surface area contributed by atoms with Crippen molar-refractivity contribution in [2.75, 3.05) is 0 Å². The van der Waals surface area contributed by atoms with Gasteiger partial charge in [-0.05, 0) is 6.92 Å². The lowest BCUT2D eigenvalue weighted by atomic mass is 10.2. The molecule has 1 heterocycles. The van der Waals surface area contributed by atoms with Crippen molar-refractivity contribution in [2.45, 2.75) is 13.5 Å². The molecule has 0 aliphatic heterocycles. The van der Waals surface area contributed by atoms with Crippen LogP contribution in [0.4, 0.5) is 5.69 Å². The van der Waals surface area contributed by atoms with Crippen molar-refractivity contribution in [3.8, 4) is 0 Å². The third kappa shape index (κ3) is 1.14. The summed E-state index contributed by atoms with van der Waals surface area (Å²) < 4.78 is 1.63. The van der Waals surface area contributed by atoms with E-state index < -0.39 is 0 Å². The molecule has 2 rings (SSSR count). The number of rotatable bonds is 2. The molecule has 0 radical (unpaired) electrons. The van der Waals surface area contributed by atoms with Gasteiger partial charge in [0.1, 0.15) is 5.52 Å². The number of nitro groups is 1. The Balaban J connectivity index is 2.81. The molecule has 2 aromatic rings. The zero-order valence-electron chi connectivity index (χ0n) is 7.67. The molecule has 0 unspecified atom stereocenters. The monoisotopic (exact) mass is 191 g/mol. The molecular weight excluding hydrogens is 182 g/mol. The molecule has 0 saturated heterocycles. The Morgan fingerprint density at radius 3 is 3.00 bits per heavy atom. The fourth-order valence-electron chi connectivity index (χ4n) is 1.51. The Morgan fingerprint density at radius 2 is 2.36 bits per heavy atom. The predicted octanol–water partition coefficient (Wildman–Crippen LogP) is 1.96. The first kappa shape index (κ1) is 8.68. The minimum Gasteiger partial charge on any atom is -0.258 e. The van der Waals surface area contributed by atoms with Crippen LogP contribution in [-0.2, 0) is 6.54 Å². The van der Waals surface area contributed by atoms with Crippen molar-refractivity contribution >= 4 is 16.6 Å². The predicted molar refractivity (Wildman–Crippen MR) is 52.1 cm³/mol. The highest BCUT2D eigenvalue weighted by molar-refractivity contribution is 5.87. The summed E-state index contributed by atoms with van der Waals surface area (Å²) in [6, 6.07) is 4.99. The van der Waals surface area contributed by atoms with Gasteiger partial charge in [-0.2, -0.15) is 5.10 Å². The second-order valence-electron chi connectivity index (χ2n) is 2.93. The van der Waals surface area contributed by atoms with Crippen LogP contribution in [0.2, 0.25) is 0 Å². The average molecular weight is 191 g/mol. The SMILES string of the molecule is CCn1ncc2cccc([N+](=O)[O-])c21. The van der Waals surface area contributed by atoms with Crippen LogP contribution in [0.1, 0.15) is 6.92 Å². The van der Waals surface area contributed by atoms with Gasteiger partial charge in [-0.25, -0.2) is 0 Å². The average Bonchev–Trinajstić information content (AvgIpc) is 2.59. The molecular formula is C9H9N3O2. The molecule has 14 heavy (non-hydrogen) atoms. The molecule has 0 spiro atoms. The zero-order valence-corrected chi connectivity index (χ0v) is 7.67. The maximum atomic E-state index is 10.7. The van der Waals surface area contributed by atoms with Crippen LogP contribution in [0, 0.1) is 10.1 Å². The van der Waals surface area contributed by atoms with Gasteiger partial charge in [0, 0.05) is 18.0 Å². The standard InChI is InChI=1S/C9H9N3O2/c1-2-11-9-7(6-10-11)4-3-5-8(9)12(13)14/h3-6H,2H2,1H3. The van der Waals surface area contributed by atoms with Crippen molar-refractivity contribution in [3.05, 3.63) is 34.5 Å². The third-order valence-corrected chi connectivity index (χ3v) is 2.14. The van der Waals surface area contributed by atoms with E-state index in [4.69, 9.17) is 0 Å². The van der Waals surface area contributed by atoms with Crippen molar-refractivity contribution in [3.63, 3.8) is 0 Å². The molecule has 0 atom stereocenters. The smallest absolute Gasteiger partial charge is 0.258 e. The second-order valence-corrected chi connectivity index (χ2v) is 2.93. The molecule has 5 heteroatoms. The van der Waals surface area contributed by atoms with Gasteiger partial charge in [-0.15, -0.1) is 0 Å². The highest BCUT2D eigenvalue weighted by atomic mass is 16.6. The van der Waals surface area contributed by atoms with E-state index in [0.29, 0.717) is 12.1 Å². The maximum absolute atomic E-state index is 10.7. The molecule has 1 aromatic heterocycles. The van der Waals surface area contributed by atoms with E-state index in [9.17, 15) is 10.1 Å². The van der Waals surface area contributed by atoms with Gasteiger partial charge in [0.05, 0.1) is 11.1 Å². The summed E-state index contributed by atoms with van der Waals surface area (Å²) in [5.74, 6) is 0. The van der Waals surface area contributed by atoms with Crippen LogP contribution in [-0.4, -0.2) is 14.7 Å². The van der Waals surface area contributed by atoms with Crippen LogP contribution >= 0.6 is 0 Å². The van der Waals surface area contributed by atoms with Crippen molar-refractivity contribution in [1.82, 2.24) is 9.78 Å². The number of benzene rings is 1. The fourth-order valence-corrected chi connectivity index (χ4v) is 1.51. The first-order chi connectivity index (χ1) is 6.74. The van der Waals surface area contributed by atoms with Gasteiger partial charge in [-0.3, -0.25) is 14.8 Å². The minimum atomic E-state index is -0.379. The fraction of sp³-hybridized carbons (Fsp3) is 0.222. The molecule has 5 nitrogen and oxygen atoms in total. The van der Waals surface area contributed by atoms with E-state index >= 15 is 0 Å². The maximum Gasteiger partial charge on any atom is 0.295 e. The van der Waals surface area contributed by atoms with E-state index in [0.717, 1.165) is 5.39 Å². The molecule has 0 saturated carbocycles. The van der Waals surface area contributed by atoms with E-state index in [-0.39, 0.29) is 10.6 Å². The topological polar surface area (TPSA) is 61.0 Å². The third-order valence-electron chi connectivity index (χ3n) is 2.14. The number of nitro benzene ring substituents is 1. The van der Waals surface area contributed by atoms with Crippen LogP contribution in [0.5, 0.6) is 0 Å². The number of aryl methyl sites for hydroxylation is 1. The van der Waals surface area contributed by atoms with E-state index in [1.165, 1.54) is 6.07 Å². The largest absolute Gasteiger partial charge is 0.295 e. The van der Waals surface area contributed by atoms with Gasteiger partial charge >= 0.3 is 0 Å². The number of nitrogens with zero attached hydrogens (tertiary/aromatic N) is 3. The van der Waals surface area contributed by atoms with E-state index in [1.807, 2.05) is 13.0 Å². The van der Waals surface area contributed by atoms with E-state index in [1.54, 1.807) is 16.9 Å². The van der Waals surface area contributed by atoms with Gasteiger partial charge in [-0.1, -0.05) is 12.1 Å². The quantitative estimate of drug-likeness (QED) is 0.538. The lowest BCUT2D eigenvalue weighted by Crippen LogP contribution is -1.98. The summed E-state index contributed by atoms with van der Waals surface area (Å²) in [5.41, 5.74) is 0.710. The molecule has 0 fully saturated rings. The number of para-hydroxylation sites is 1. The molecule has 1 aromatic carbocycles. The number of hydrogen-bond donors (Lipinski definition) is 0. The zero-order chi connectivity index (χ0) is 10.1. The number of fused-ring (bicyclic) bond motifs is 1.